The number of aromatic hydroxyl groups is 1. The molecule has 87 heavy (non-hydrogen) atoms. The van der Waals surface area contributed by atoms with Crippen LogP contribution in [0.15, 0.2) is 83.7 Å². The summed E-state index contributed by atoms with van der Waals surface area (Å²) in [5.41, 5.74) is 6.07. The number of thiazole rings is 1. The minimum Gasteiger partial charge on any atom is -0.508 e. The number of likely N-dealkylation sites (tertiary alicyclic amines) is 1. The highest BCUT2D eigenvalue weighted by Crippen LogP contribution is 2.40. The van der Waals surface area contributed by atoms with Gasteiger partial charge in [-0.2, -0.15) is 9.97 Å². The fourth-order valence-corrected chi connectivity index (χ4v) is 15.0. The van der Waals surface area contributed by atoms with E-state index in [9.17, 15) is 24.6 Å². The predicted octanol–water partition coefficient (Wildman–Crippen LogP) is 8.52. The quantitative estimate of drug-likeness (QED) is 0.0503. The molecule has 3 amide bonds. The van der Waals surface area contributed by atoms with Gasteiger partial charge in [0.15, 0.2) is 5.82 Å². The third kappa shape index (κ3) is 12.9. The van der Waals surface area contributed by atoms with Crippen LogP contribution in [0.1, 0.15) is 122 Å². The molecule has 6 aliphatic heterocycles. The van der Waals surface area contributed by atoms with Crippen molar-refractivity contribution in [3.63, 3.8) is 0 Å². The Hall–Kier alpha value is -7.17. The number of hydrogen-bond donors (Lipinski definition) is 6. The van der Waals surface area contributed by atoms with E-state index in [4.69, 9.17) is 19.7 Å². The molecule has 19 nitrogen and oxygen atoms in total. The van der Waals surface area contributed by atoms with Crippen LogP contribution in [0.4, 0.5) is 10.2 Å². The van der Waals surface area contributed by atoms with Crippen molar-refractivity contribution >= 4 is 62.3 Å². The van der Waals surface area contributed by atoms with E-state index in [2.05, 4.69) is 53.1 Å². The summed E-state index contributed by atoms with van der Waals surface area (Å²) in [6.07, 6.45) is 14.1. The molecule has 0 spiro atoms. The molecule has 3 aromatic carbocycles. The number of carbonyl (C=O) groups is 3. The van der Waals surface area contributed by atoms with Crippen molar-refractivity contribution in [3.8, 4) is 33.5 Å². The highest BCUT2D eigenvalue weighted by atomic mass is 32.1. The number of halogens is 1. The Balaban J connectivity index is 0.678. The largest absolute Gasteiger partial charge is 0.508 e. The van der Waals surface area contributed by atoms with Crippen molar-refractivity contribution in [2.45, 2.75) is 161 Å². The minimum absolute atomic E-state index is 0.0293. The normalized spacial score (nSPS) is 24.1. The number of ether oxygens (including phenoxy) is 1. The van der Waals surface area contributed by atoms with E-state index in [1.807, 2.05) is 88.8 Å². The zero-order valence-electron chi connectivity index (χ0n) is 50.8. The average molecular weight is 1200 g/mol. The third-order valence-electron chi connectivity index (χ3n) is 18.7. The number of carbonyl (C=O) groups excluding carboxylic acids is 3. The molecule has 5 saturated heterocycles. The Kier molecular flexibility index (Phi) is 17.6. The lowest BCUT2D eigenvalue weighted by Gasteiger charge is -2.45. The standard InChI is InChI=1S/C66H82FN13O6S/c1-7-41-11-10-12-44-29-49(81)30-51(55(41)44)57-56(67)58-52(32-70-57)61(77-33-46-18-19-47(34-77)73-46)76-65(74-58)86-26-21-45-27-40(20-22-68-45)28-48-13-8-9-24-80(48)78-25-23-69-53(36-78)62(83)75-60(66(4,5)6)64(85)79-35-50(82)31-54(79)63(84)72-38(2)42-14-16-43(17-15-42)59-39(3)71-37-87-59/h10-12,14-17,23,25,29-30,32,37-38,40,45-48,50,54,60,68,73,81-82H,7-9,13,18-22,24,26-28,31,33-36H2,1-6H3,(H,72,84)(H,75,83)/t38-,40?,45?,46?,47?,48?,50+,54-,60+/m0/s1. The molecule has 0 aliphatic carbocycles. The minimum atomic E-state index is -1.01. The third-order valence-corrected chi connectivity index (χ3v) is 19.7. The number of aromatic nitrogens is 4. The zero-order chi connectivity index (χ0) is 60.7. The van der Waals surface area contributed by atoms with Gasteiger partial charge >= 0.3 is 6.01 Å². The molecule has 9 heterocycles. The van der Waals surface area contributed by atoms with Crippen molar-refractivity contribution in [1.29, 1.82) is 0 Å². The van der Waals surface area contributed by atoms with Gasteiger partial charge in [-0.05, 0) is 129 Å². The van der Waals surface area contributed by atoms with Gasteiger partial charge in [0.05, 0.1) is 46.8 Å². The number of nitrogens with one attached hydrogen (secondary N) is 4. The first-order chi connectivity index (χ1) is 42.0. The summed E-state index contributed by atoms with van der Waals surface area (Å²) in [6, 6.07) is 16.0. The number of piperidine rings is 2. The highest BCUT2D eigenvalue weighted by Gasteiger charge is 2.46. The molecular formula is C66H82FN13O6S. The lowest BCUT2D eigenvalue weighted by molar-refractivity contribution is -0.143. The molecule has 0 radical (unpaired) electrons. The summed E-state index contributed by atoms with van der Waals surface area (Å²) in [5.74, 6) is -0.757. The highest BCUT2D eigenvalue weighted by molar-refractivity contribution is 7.13. The van der Waals surface area contributed by atoms with Crippen LogP contribution in [0.3, 0.4) is 0 Å². The zero-order valence-corrected chi connectivity index (χ0v) is 51.6. The molecule has 5 unspecified atom stereocenters. The van der Waals surface area contributed by atoms with Crippen LogP contribution in [0.2, 0.25) is 0 Å². The lowest BCUT2D eigenvalue weighted by atomic mass is 9.84. The van der Waals surface area contributed by atoms with Gasteiger partial charge in [-0.3, -0.25) is 24.4 Å². The van der Waals surface area contributed by atoms with Gasteiger partial charge in [-0.15, -0.1) is 11.3 Å². The van der Waals surface area contributed by atoms with Crippen molar-refractivity contribution in [2.75, 3.05) is 50.8 Å². The summed E-state index contributed by atoms with van der Waals surface area (Å²) in [7, 11) is 0. The number of hydrazine groups is 1. The SMILES string of the molecule is CCc1cccc2cc(O)cc(-c3ncc4c(N5CC6CCC(C5)N6)nc(OCCC5CC(CC6CCCCN6N6C=CN=C(C(=O)N[C@H](C(=O)N7C[C@H](O)C[C@H]7C(=O)N[C@@H](C)c7ccc(-c8scnc8C)cc7)C(C)(C)C)C6)CCN5)nc4c3F)c12. The Morgan fingerprint density at radius 2 is 1.77 bits per heavy atom. The number of pyridine rings is 1. The van der Waals surface area contributed by atoms with Crippen LogP contribution in [0, 0.1) is 24.1 Å². The fourth-order valence-electron chi connectivity index (χ4n) is 14.2. The number of piperazine rings is 1. The number of rotatable bonds is 17. The van der Waals surface area contributed by atoms with Crippen LogP contribution >= 0.6 is 11.3 Å². The van der Waals surface area contributed by atoms with Crippen LogP contribution < -0.4 is 30.9 Å². The molecule has 0 saturated carbocycles. The number of amides is 3. The number of aliphatic hydroxyl groups excluding tert-OH is 1. The van der Waals surface area contributed by atoms with E-state index in [1.54, 1.807) is 35.9 Å². The number of nitrogens with zero attached hydrogens (tertiary/aromatic N) is 9. The van der Waals surface area contributed by atoms with Crippen LogP contribution in [0.25, 0.3) is 43.4 Å². The van der Waals surface area contributed by atoms with Crippen LogP contribution in [-0.4, -0.2) is 157 Å². The maximum atomic E-state index is 17.3. The average Bonchev–Trinajstić information content (AvgIpc) is 1.09. The number of phenols is 1. The first-order valence-corrected chi connectivity index (χ1v) is 32.2. The number of fused-ring (bicyclic) bond motifs is 4. The monoisotopic (exact) mass is 1200 g/mol. The van der Waals surface area contributed by atoms with Gasteiger partial charge in [-0.1, -0.05) is 76.6 Å². The molecule has 21 heteroatoms. The number of hydrogen-bond acceptors (Lipinski definition) is 17. The van der Waals surface area contributed by atoms with Gasteiger partial charge in [0, 0.05) is 80.9 Å². The fraction of sp³-hybridized carbons (Fsp3) is 0.515. The maximum Gasteiger partial charge on any atom is 0.319 e. The second kappa shape index (κ2) is 25.5. The van der Waals surface area contributed by atoms with E-state index in [0.717, 1.165) is 122 Å². The van der Waals surface area contributed by atoms with Gasteiger partial charge in [0.1, 0.15) is 40.6 Å². The Morgan fingerprint density at radius 1 is 0.966 bits per heavy atom. The Morgan fingerprint density at radius 3 is 2.53 bits per heavy atom. The van der Waals surface area contributed by atoms with Crippen molar-refractivity contribution in [3.05, 3.63) is 101 Å². The Bertz CT molecular complexity index is 3580. The summed E-state index contributed by atoms with van der Waals surface area (Å²) >= 11 is 1.58. The first kappa shape index (κ1) is 60.1. The first-order valence-electron chi connectivity index (χ1n) is 31.3. The number of aliphatic imine (C=N–C) groups is 1. The van der Waals surface area contributed by atoms with Crippen molar-refractivity contribution < 1.29 is 33.7 Å². The van der Waals surface area contributed by atoms with Crippen molar-refractivity contribution in [1.82, 2.24) is 56.1 Å². The van der Waals surface area contributed by atoms with Gasteiger partial charge < -0.3 is 51.0 Å². The lowest BCUT2D eigenvalue weighted by Crippen LogP contribution is -2.59. The summed E-state index contributed by atoms with van der Waals surface area (Å²) in [4.78, 5) is 71.2. The topological polar surface area (TPSA) is 226 Å². The van der Waals surface area contributed by atoms with Gasteiger partial charge in [0.25, 0.3) is 5.91 Å². The van der Waals surface area contributed by atoms with E-state index < -0.39 is 41.2 Å². The molecule has 5 fully saturated rings. The van der Waals surface area contributed by atoms with Crippen LogP contribution in [-0.2, 0) is 20.8 Å². The van der Waals surface area contributed by atoms with Gasteiger partial charge in [0.2, 0.25) is 11.8 Å². The maximum absolute atomic E-state index is 17.3. The molecular weight excluding hydrogens is 1120 g/mol. The van der Waals surface area contributed by atoms with Crippen LogP contribution in [0.5, 0.6) is 11.8 Å². The second-order valence-corrected chi connectivity index (χ2v) is 26.8. The Labute approximate surface area is 512 Å². The van der Waals surface area contributed by atoms with E-state index in [-0.39, 0.29) is 72.2 Å². The molecule has 2 bridgehead atoms. The number of phenolic OH excluding ortho intramolecular Hbond substituents is 1. The molecule has 12 rings (SSSR count). The molecule has 9 atom stereocenters. The summed E-state index contributed by atoms with van der Waals surface area (Å²) < 4.78 is 23.7. The molecule has 6 aliphatic rings. The smallest absolute Gasteiger partial charge is 0.319 e. The second-order valence-electron chi connectivity index (χ2n) is 25.9. The molecule has 460 valence electrons. The number of β-amino-alcohol motifs (C(OH)–C–C–N with tert-alkyl or cyclic N) is 1. The van der Waals surface area contributed by atoms with Gasteiger partial charge in [-0.25, -0.2) is 14.4 Å². The summed E-state index contributed by atoms with van der Waals surface area (Å²) in [6.45, 7) is 15.3. The molecule has 6 aromatic rings. The number of anilines is 1. The van der Waals surface area contributed by atoms with E-state index in [0.29, 0.717) is 47.8 Å². The van der Waals surface area contributed by atoms with E-state index in [1.165, 1.54) is 4.90 Å². The molecule has 6 N–H and O–H groups in total. The molecule has 3 aromatic heterocycles. The predicted molar refractivity (Wildman–Crippen MR) is 337 cm³/mol. The number of aryl methyl sites for hydroxylation is 2. The van der Waals surface area contributed by atoms with Crippen molar-refractivity contribution in [2.24, 2.45) is 16.3 Å². The van der Waals surface area contributed by atoms with E-state index >= 15 is 4.39 Å². The summed E-state index contributed by atoms with van der Waals surface area (Å²) in [5, 5.41) is 42.0. The number of benzene rings is 3. The number of aliphatic hydroxyl groups is 1.